The number of hydrogen-bond donors (Lipinski definition) is 1. The molecule has 4 rings (SSSR count). The van der Waals surface area contributed by atoms with Gasteiger partial charge < -0.3 is 10.5 Å². The van der Waals surface area contributed by atoms with Crippen LogP contribution in [0.25, 0.3) is 16.6 Å². The summed E-state index contributed by atoms with van der Waals surface area (Å²) in [4.78, 5) is 6.70. The third-order valence-corrected chi connectivity index (χ3v) is 4.67. The van der Waals surface area contributed by atoms with Crippen LogP contribution >= 0.6 is 0 Å². The Hall–Kier alpha value is -2.60. The van der Waals surface area contributed by atoms with E-state index >= 15 is 0 Å². The number of pyridine rings is 2. The van der Waals surface area contributed by atoms with Crippen molar-refractivity contribution in [3.63, 3.8) is 0 Å². The molecule has 1 saturated heterocycles. The van der Waals surface area contributed by atoms with Gasteiger partial charge in [0.05, 0.1) is 11.7 Å². The van der Waals surface area contributed by atoms with Gasteiger partial charge in [-0.05, 0) is 50.7 Å². The van der Waals surface area contributed by atoms with Gasteiger partial charge in [0.1, 0.15) is 18.2 Å². The molecule has 124 valence electrons. The molecule has 0 bridgehead atoms. The second-order valence-electron chi connectivity index (χ2n) is 6.41. The van der Waals surface area contributed by atoms with Crippen molar-refractivity contribution in [2.45, 2.75) is 19.4 Å². The highest BCUT2D eigenvalue weighted by Gasteiger charge is 2.25. The van der Waals surface area contributed by atoms with Crippen LogP contribution in [0, 0.1) is 6.92 Å². The highest BCUT2D eigenvalue weighted by molar-refractivity contribution is 5.74. The number of likely N-dealkylation sites (tertiary alicyclic amines) is 1. The molecule has 1 aliphatic rings. The maximum atomic E-state index is 6.09. The number of ether oxygens (including phenoxy) is 1. The smallest absolute Gasteiger partial charge is 0.146 e. The molecule has 24 heavy (non-hydrogen) atoms. The summed E-state index contributed by atoms with van der Waals surface area (Å²) in [6.07, 6.45) is 4.92. The first-order chi connectivity index (χ1) is 11.6. The molecule has 0 saturated carbocycles. The van der Waals surface area contributed by atoms with Gasteiger partial charge in [0.15, 0.2) is 0 Å². The summed E-state index contributed by atoms with van der Waals surface area (Å²) < 4.78 is 7.86. The molecule has 6 heteroatoms. The third kappa shape index (κ3) is 2.69. The van der Waals surface area contributed by atoms with Crippen LogP contribution < -0.4 is 10.5 Å². The fourth-order valence-corrected chi connectivity index (χ4v) is 3.04. The molecule has 3 aromatic heterocycles. The molecule has 0 radical (unpaired) electrons. The van der Waals surface area contributed by atoms with E-state index in [1.54, 1.807) is 4.52 Å². The van der Waals surface area contributed by atoms with E-state index in [-0.39, 0.29) is 0 Å². The summed E-state index contributed by atoms with van der Waals surface area (Å²) in [5, 5.41) is 4.22. The predicted octanol–water partition coefficient (Wildman–Crippen LogP) is 2.37. The molecule has 0 aliphatic carbocycles. The monoisotopic (exact) mass is 323 g/mol. The number of fused-ring (bicyclic) bond motifs is 1. The Kier molecular flexibility index (Phi) is 3.61. The summed E-state index contributed by atoms with van der Waals surface area (Å²) in [6, 6.07) is 8.51. The van der Waals surface area contributed by atoms with E-state index in [1.165, 1.54) is 6.42 Å². The molecule has 1 atom stereocenters. The quantitative estimate of drug-likeness (QED) is 0.798. The van der Waals surface area contributed by atoms with E-state index in [1.807, 2.05) is 31.5 Å². The van der Waals surface area contributed by atoms with Crippen LogP contribution in [0.15, 0.2) is 36.7 Å². The van der Waals surface area contributed by atoms with E-state index in [4.69, 9.17) is 10.5 Å². The Bertz CT molecular complexity index is 888. The van der Waals surface area contributed by atoms with Gasteiger partial charge in [-0.2, -0.15) is 5.10 Å². The number of anilines is 1. The lowest BCUT2D eigenvalue weighted by Gasteiger charge is -2.37. The van der Waals surface area contributed by atoms with Gasteiger partial charge in [-0.3, -0.25) is 9.88 Å². The molecule has 0 aromatic carbocycles. The van der Waals surface area contributed by atoms with Crippen LogP contribution in [0.5, 0.6) is 5.75 Å². The standard InChI is InChI=1S/C18H21N5O/c1-12-7-16(13-3-6-23-15(8-13)9-18(19)21-23)17(10-20-12)24-11-14-4-5-22(14)2/h3,6-10,14H,4-5,11H2,1-2H3,(H2,19,21)/t14-/m1/s1. The maximum Gasteiger partial charge on any atom is 0.146 e. The molecule has 4 heterocycles. The molecule has 0 spiro atoms. The Balaban J connectivity index is 1.67. The number of likely N-dealkylation sites (N-methyl/N-ethyl adjacent to an activating group) is 1. The highest BCUT2D eigenvalue weighted by atomic mass is 16.5. The minimum Gasteiger partial charge on any atom is -0.490 e. The summed E-state index contributed by atoms with van der Waals surface area (Å²) in [5.74, 6) is 1.33. The van der Waals surface area contributed by atoms with Crippen molar-refractivity contribution in [1.82, 2.24) is 19.5 Å². The molecular formula is C18H21N5O. The zero-order chi connectivity index (χ0) is 16.7. The normalized spacial score (nSPS) is 17.8. The molecule has 6 nitrogen and oxygen atoms in total. The van der Waals surface area contributed by atoms with Crippen LogP contribution in [-0.4, -0.2) is 45.7 Å². The van der Waals surface area contributed by atoms with Gasteiger partial charge in [-0.1, -0.05) is 0 Å². The first-order valence-electron chi connectivity index (χ1n) is 8.15. The van der Waals surface area contributed by atoms with Gasteiger partial charge >= 0.3 is 0 Å². The van der Waals surface area contributed by atoms with Crippen LogP contribution in [0.3, 0.4) is 0 Å². The first-order valence-corrected chi connectivity index (χ1v) is 8.15. The lowest BCUT2D eigenvalue weighted by molar-refractivity contribution is 0.0769. The molecule has 2 N–H and O–H groups in total. The number of hydrogen-bond acceptors (Lipinski definition) is 5. The minimum atomic E-state index is 0.497. The second kappa shape index (κ2) is 5.79. The second-order valence-corrected chi connectivity index (χ2v) is 6.41. The number of aryl methyl sites for hydroxylation is 1. The lowest BCUT2D eigenvalue weighted by Crippen LogP contribution is -2.48. The van der Waals surface area contributed by atoms with Crippen molar-refractivity contribution in [3.05, 3.63) is 42.4 Å². The number of aromatic nitrogens is 3. The van der Waals surface area contributed by atoms with Gasteiger partial charge in [-0.15, -0.1) is 0 Å². The maximum absolute atomic E-state index is 6.09. The largest absolute Gasteiger partial charge is 0.490 e. The Morgan fingerprint density at radius 2 is 2.21 bits per heavy atom. The average molecular weight is 323 g/mol. The van der Waals surface area contributed by atoms with E-state index in [2.05, 4.69) is 34.2 Å². The van der Waals surface area contributed by atoms with E-state index in [9.17, 15) is 0 Å². The topological polar surface area (TPSA) is 68.7 Å². The Morgan fingerprint density at radius 1 is 1.33 bits per heavy atom. The Labute approximate surface area is 140 Å². The van der Waals surface area contributed by atoms with Crippen LogP contribution in [-0.2, 0) is 0 Å². The summed E-state index contributed by atoms with van der Waals surface area (Å²) in [7, 11) is 2.13. The predicted molar refractivity (Wildman–Crippen MR) is 94.1 cm³/mol. The van der Waals surface area contributed by atoms with Crippen molar-refractivity contribution in [1.29, 1.82) is 0 Å². The van der Waals surface area contributed by atoms with E-state index in [0.29, 0.717) is 18.5 Å². The third-order valence-electron chi connectivity index (χ3n) is 4.67. The fourth-order valence-electron chi connectivity index (χ4n) is 3.04. The SMILES string of the molecule is Cc1cc(-c2ccn3nc(N)cc3c2)c(OC[C@H]2CCN2C)cn1. The molecule has 1 fully saturated rings. The van der Waals surface area contributed by atoms with Gasteiger partial charge in [0.25, 0.3) is 0 Å². The summed E-state index contributed by atoms with van der Waals surface area (Å²) in [5.41, 5.74) is 9.83. The van der Waals surface area contributed by atoms with Crippen molar-refractivity contribution >= 4 is 11.3 Å². The number of nitrogens with two attached hydrogens (primary N) is 1. The molecule has 0 unspecified atom stereocenters. The average Bonchev–Trinajstić information content (AvgIpc) is 2.93. The lowest BCUT2D eigenvalue weighted by atomic mass is 10.0. The molecule has 0 amide bonds. The van der Waals surface area contributed by atoms with E-state index in [0.717, 1.165) is 34.6 Å². The fraction of sp³-hybridized carbons (Fsp3) is 0.333. The molecule has 1 aliphatic heterocycles. The van der Waals surface area contributed by atoms with Crippen LogP contribution in [0.2, 0.25) is 0 Å². The Morgan fingerprint density at radius 3 is 2.96 bits per heavy atom. The highest BCUT2D eigenvalue weighted by Crippen LogP contribution is 2.31. The van der Waals surface area contributed by atoms with Crippen molar-refractivity contribution < 1.29 is 4.74 Å². The zero-order valence-corrected chi connectivity index (χ0v) is 13.9. The van der Waals surface area contributed by atoms with Crippen molar-refractivity contribution in [3.8, 4) is 16.9 Å². The summed E-state index contributed by atoms with van der Waals surface area (Å²) >= 11 is 0. The van der Waals surface area contributed by atoms with Crippen molar-refractivity contribution in [2.75, 3.05) is 25.9 Å². The van der Waals surface area contributed by atoms with Crippen LogP contribution in [0.4, 0.5) is 5.82 Å². The van der Waals surface area contributed by atoms with Gasteiger partial charge in [0.2, 0.25) is 0 Å². The van der Waals surface area contributed by atoms with Gasteiger partial charge in [0, 0.05) is 29.6 Å². The van der Waals surface area contributed by atoms with Crippen LogP contribution in [0.1, 0.15) is 12.1 Å². The van der Waals surface area contributed by atoms with Crippen molar-refractivity contribution in [2.24, 2.45) is 0 Å². The van der Waals surface area contributed by atoms with E-state index < -0.39 is 0 Å². The summed E-state index contributed by atoms with van der Waals surface area (Å²) in [6.45, 7) is 3.82. The first kappa shape index (κ1) is 15.0. The number of nitrogens with zero attached hydrogens (tertiary/aromatic N) is 4. The number of rotatable bonds is 4. The minimum absolute atomic E-state index is 0.497. The zero-order valence-electron chi connectivity index (χ0n) is 13.9. The van der Waals surface area contributed by atoms with Gasteiger partial charge in [-0.25, -0.2) is 4.52 Å². The molecule has 3 aromatic rings. The molecular weight excluding hydrogens is 302 g/mol. The number of nitrogen functional groups attached to an aromatic ring is 1.